The number of halogens is 3. The molecular weight excluding hydrogens is 329 g/mol. The van der Waals surface area contributed by atoms with Gasteiger partial charge in [0.15, 0.2) is 5.65 Å². The minimum Gasteiger partial charge on any atom is -0.278 e. The predicted molar refractivity (Wildman–Crippen MR) is 87.9 cm³/mol. The SMILES string of the molecule is Cc1cc(Cl)c(-n2c(C(C)Cl)nc3cccnc32)cc1Cl. The van der Waals surface area contributed by atoms with Gasteiger partial charge in [0.2, 0.25) is 0 Å². The first-order valence-corrected chi connectivity index (χ1v) is 7.61. The Labute approximate surface area is 137 Å². The van der Waals surface area contributed by atoms with Gasteiger partial charge in [-0.3, -0.25) is 4.57 Å². The van der Waals surface area contributed by atoms with Crippen molar-refractivity contribution in [2.45, 2.75) is 19.2 Å². The Morgan fingerprint density at radius 3 is 2.67 bits per heavy atom. The maximum Gasteiger partial charge on any atom is 0.164 e. The summed E-state index contributed by atoms with van der Waals surface area (Å²) in [6.45, 7) is 3.77. The molecule has 108 valence electrons. The van der Waals surface area contributed by atoms with E-state index < -0.39 is 0 Å². The highest BCUT2D eigenvalue weighted by atomic mass is 35.5. The highest BCUT2D eigenvalue weighted by Gasteiger charge is 2.19. The van der Waals surface area contributed by atoms with Gasteiger partial charge in [0.25, 0.3) is 0 Å². The molecule has 3 aromatic rings. The lowest BCUT2D eigenvalue weighted by Crippen LogP contribution is -2.04. The van der Waals surface area contributed by atoms with Gasteiger partial charge < -0.3 is 0 Å². The molecule has 3 nitrogen and oxygen atoms in total. The molecule has 0 fully saturated rings. The number of imidazole rings is 1. The van der Waals surface area contributed by atoms with E-state index in [0.717, 1.165) is 16.8 Å². The monoisotopic (exact) mass is 339 g/mol. The quantitative estimate of drug-likeness (QED) is 0.590. The van der Waals surface area contributed by atoms with E-state index in [4.69, 9.17) is 34.8 Å². The molecule has 0 N–H and O–H groups in total. The number of rotatable bonds is 2. The van der Waals surface area contributed by atoms with Crippen LogP contribution in [0.3, 0.4) is 0 Å². The molecule has 1 aromatic carbocycles. The molecule has 0 spiro atoms. The Morgan fingerprint density at radius 2 is 1.95 bits per heavy atom. The number of hydrogen-bond donors (Lipinski definition) is 0. The maximum absolute atomic E-state index is 6.39. The van der Waals surface area contributed by atoms with Crippen molar-refractivity contribution in [1.82, 2.24) is 14.5 Å². The highest BCUT2D eigenvalue weighted by molar-refractivity contribution is 6.35. The number of hydrogen-bond acceptors (Lipinski definition) is 2. The fourth-order valence-electron chi connectivity index (χ4n) is 2.24. The predicted octanol–water partition coefficient (Wildman–Crippen LogP) is 5.34. The molecule has 2 aromatic heterocycles. The van der Waals surface area contributed by atoms with Gasteiger partial charge in [-0.15, -0.1) is 11.6 Å². The fourth-order valence-corrected chi connectivity index (χ4v) is 2.85. The van der Waals surface area contributed by atoms with E-state index in [9.17, 15) is 0 Å². The number of nitrogens with zero attached hydrogens (tertiary/aromatic N) is 3. The standard InChI is InChI=1S/C15H12Cl3N3/c1-8-6-11(18)13(7-10(8)17)21-14(9(2)16)20-12-4-3-5-19-15(12)21/h3-7,9H,1-2H3. The van der Waals surface area contributed by atoms with E-state index in [2.05, 4.69) is 9.97 Å². The van der Waals surface area contributed by atoms with Gasteiger partial charge >= 0.3 is 0 Å². The molecule has 0 saturated heterocycles. The average molecular weight is 341 g/mol. The zero-order chi connectivity index (χ0) is 15.1. The van der Waals surface area contributed by atoms with Crippen LogP contribution in [0.5, 0.6) is 0 Å². The van der Waals surface area contributed by atoms with Crippen molar-refractivity contribution < 1.29 is 0 Å². The van der Waals surface area contributed by atoms with Crippen molar-refractivity contribution in [3.05, 3.63) is 51.9 Å². The van der Waals surface area contributed by atoms with E-state index in [1.165, 1.54) is 0 Å². The molecular formula is C15H12Cl3N3. The van der Waals surface area contributed by atoms with E-state index in [1.54, 1.807) is 6.20 Å². The number of fused-ring (bicyclic) bond motifs is 1. The van der Waals surface area contributed by atoms with Crippen LogP contribution in [0.4, 0.5) is 0 Å². The summed E-state index contributed by atoms with van der Waals surface area (Å²) in [5.41, 5.74) is 3.13. The lowest BCUT2D eigenvalue weighted by Gasteiger charge is -2.13. The van der Waals surface area contributed by atoms with Crippen molar-refractivity contribution in [1.29, 1.82) is 0 Å². The summed E-state index contributed by atoms with van der Waals surface area (Å²) in [7, 11) is 0. The van der Waals surface area contributed by atoms with Crippen LogP contribution in [0.2, 0.25) is 10.0 Å². The molecule has 21 heavy (non-hydrogen) atoms. The Bertz CT molecular complexity index is 824. The number of alkyl halides is 1. The molecule has 1 unspecified atom stereocenters. The third kappa shape index (κ3) is 2.50. The van der Waals surface area contributed by atoms with Crippen LogP contribution in [0.15, 0.2) is 30.5 Å². The van der Waals surface area contributed by atoms with Crippen LogP contribution in [0.25, 0.3) is 16.9 Å². The van der Waals surface area contributed by atoms with Crippen molar-refractivity contribution in [2.75, 3.05) is 0 Å². The molecule has 0 radical (unpaired) electrons. The molecule has 2 heterocycles. The second-order valence-electron chi connectivity index (χ2n) is 4.82. The summed E-state index contributed by atoms with van der Waals surface area (Å²) in [6.07, 6.45) is 1.72. The Kier molecular flexibility index (Phi) is 3.82. The average Bonchev–Trinajstić information content (AvgIpc) is 2.82. The lowest BCUT2D eigenvalue weighted by molar-refractivity contribution is 0.877. The third-order valence-corrected chi connectivity index (χ3v) is 4.17. The summed E-state index contributed by atoms with van der Waals surface area (Å²) >= 11 is 18.9. The summed E-state index contributed by atoms with van der Waals surface area (Å²) < 4.78 is 1.86. The molecule has 0 aliphatic rings. The number of aryl methyl sites for hydroxylation is 1. The minimum absolute atomic E-state index is 0.282. The Morgan fingerprint density at radius 1 is 1.19 bits per heavy atom. The normalized spacial score (nSPS) is 12.8. The topological polar surface area (TPSA) is 30.7 Å². The van der Waals surface area contributed by atoms with E-state index in [0.29, 0.717) is 21.5 Å². The number of pyridine rings is 1. The second-order valence-corrected chi connectivity index (χ2v) is 6.29. The smallest absolute Gasteiger partial charge is 0.164 e. The van der Waals surface area contributed by atoms with Gasteiger partial charge in [-0.05, 0) is 43.7 Å². The van der Waals surface area contributed by atoms with E-state index >= 15 is 0 Å². The first-order chi connectivity index (χ1) is 9.99. The molecule has 6 heteroatoms. The first kappa shape index (κ1) is 14.6. The van der Waals surface area contributed by atoms with Gasteiger partial charge in [-0.1, -0.05) is 23.2 Å². The van der Waals surface area contributed by atoms with Crippen molar-refractivity contribution in [2.24, 2.45) is 0 Å². The molecule has 0 amide bonds. The van der Waals surface area contributed by atoms with Crippen molar-refractivity contribution in [3.63, 3.8) is 0 Å². The summed E-state index contributed by atoms with van der Waals surface area (Å²) in [5, 5.41) is 0.941. The van der Waals surface area contributed by atoms with Crippen LogP contribution < -0.4 is 0 Å². The van der Waals surface area contributed by atoms with Crippen LogP contribution in [-0.4, -0.2) is 14.5 Å². The fraction of sp³-hybridized carbons (Fsp3) is 0.200. The maximum atomic E-state index is 6.39. The Hall–Kier alpha value is -1.29. The Balaban J connectivity index is 2.38. The van der Waals surface area contributed by atoms with Gasteiger partial charge in [-0.25, -0.2) is 9.97 Å². The summed E-state index contributed by atoms with van der Waals surface area (Å²) in [5.74, 6) is 0.687. The largest absolute Gasteiger partial charge is 0.278 e. The second kappa shape index (κ2) is 5.48. The molecule has 0 aliphatic carbocycles. The zero-order valence-corrected chi connectivity index (χ0v) is 13.7. The zero-order valence-electron chi connectivity index (χ0n) is 11.4. The lowest BCUT2D eigenvalue weighted by atomic mass is 10.2. The van der Waals surface area contributed by atoms with Crippen LogP contribution >= 0.6 is 34.8 Å². The molecule has 0 saturated carbocycles. The molecule has 1 atom stereocenters. The number of benzene rings is 1. The van der Waals surface area contributed by atoms with Gasteiger partial charge in [0.1, 0.15) is 11.3 Å². The first-order valence-electron chi connectivity index (χ1n) is 6.42. The van der Waals surface area contributed by atoms with Crippen LogP contribution in [0, 0.1) is 6.92 Å². The summed E-state index contributed by atoms with van der Waals surface area (Å²) in [6, 6.07) is 7.38. The van der Waals surface area contributed by atoms with E-state index in [1.807, 2.05) is 42.7 Å². The third-order valence-electron chi connectivity index (χ3n) is 3.27. The van der Waals surface area contributed by atoms with Crippen molar-refractivity contribution in [3.8, 4) is 5.69 Å². The van der Waals surface area contributed by atoms with Gasteiger partial charge in [-0.2, -0.15) is 0 Å². The van der Waals surface area contributed by atoms with Gasteiger partial charge in [0, 0.05) is 11.2 Å². The van der Waals surface area contributed by atoms with Gasteiger partial charge in [0.05, 0.1) is 16.1 Å². The highest BCUT2D eigenvalue weighted by Crippen LogP contribution is 2.33. The van der Waals surface area contributed by atoms with E-state index in [-0.39, 0.29) is 5.38 Å². The molecule has 0 aliphatic heterocycles. The van der Waals surface area contributed by atoms with Crippen molar-refractivity contribution >= 4 is 46.0 Å². The van der Waals surface area contributed by atoms with Crippen LogP contribution in [-0.2, 0) is 0 Å². The minimum atomic E-state index is -0.282. The molecule has 3 rings (SSSR count). The number of aromatic nitrogens is 3. The van der Waals surface area contributed by atoms with Crippen LogP contribution in [0.1, 0.15) is 23.7 Å². The summed E-state index contributed by atoms with van der Waals surface area (Å²) in [4.78, 5) is 8.94. The molecule has 0 bridgehead atoms.